The average molecular weight is 719 g/mol. The molecule has 0 aromatic carbocycles. The Balaban J connectivity index is 4.54. The third-order valence-electron chi connectivity index (χ3n) is 9.89. The highest BCUT2D eigenvalue weighted by molar-refractivity contribution is 5.85. The fraction of sp³-hybridized carbons (Fsp3) is 0.814. The van der Waals surface area contributed by atoms with Gasteiger partial charge in [-0.3, -0.25) is 19.2 Å². The number of carboxylic acid groups (broad SMARTS) is 2. The number of hydrogen-bond acceptors (Lipinski definition) is 4. The second-order valence-electron chi connectivity index (χ2n) is 14.6. The molecule has 0 saturated heterocycles. The molecule has 0 bridgehead atoms. The van der Waals surface area contributed by atoms with E-state index in [4.69, 9.17) is 0 Å². The molecular formula is C43H78N2O6. The molecule has 1 unspecified atom stereocenters. The fourth-order valence-electron chi connectivity index (χ4n) is 6.61. The second kappa shape index (κ2) is 34.4. The van der Waals surface area contributed by atoms with Gasteiger partial charge in [0.05, 0.1) is 6.42 Å². The summed E-state index contributed by atoms with van der Waals surface area (Å²) in [6.45, 7) is 6.15. The normalized spacial score (nSPS) is 13.4. The molecule has 0 saturated carbocycles. The first-order chi connectivity index (χ1) is 24.7. The van der Waals surface area contributed by atoms with Gasteiger partial charge in [-0.25, -0.2) is 0 Å². The first-order valence-electron chi connectivity index (χ1n) is 21.1. The maximum absolute atomic E-state index is 13.0. The Morgan fingerprint density at radius 2 is 0.804 bits per heavy atom. The Morgan fingerprint density at radius 3 is 1.10 bits per heavy atom. The largest absolute Gasteiger partial charge is 0.481 e. The van der Waals surface area contributed by atoms with Crippen molar-refractivity contribution < 1.29 is 29.4 Å². The summed E-state index contributed by atoms with van der Waals surface area (Å²) in [6.07, 6.45) is 38.7. The molecule has 0 rings (SSSR count). The van der Waals surface area contributed by atoms with Gasteiger partial charge in [-0.1, -0.05) is 148 Å². The zero-order valence-electron chi connectivity index (χ0n) is 33.1. The van der Waals surface area contributed by atoms with Gasteiger partial charge in [-0.2, -0.15) is 0 Å². The Morgan fingerprint density at radius 1 is 0.490 bits per heavy atom. The molecule has 0 heterocycles. The quantitative estimate of drug-likeness (QED) is 0.0287. The molecule has 296 valence electrons. The average Bonchev–Trinajstić information content (AvgIpc) is 3.10. The number of aliphatic carboxylic acids is 2. The number of nitrogens with one attached hydrogen (secondary N) is 2. The van der Waals surface area contributed by atoms with E-state index in [9.17, 15) is 29.4 Å². The molecule has 0 aromatic rings. The molecule has 8 heteroatoms. The first kappa shape index (κ1) is 48.4. The van der Waals surface area contributed by atoms with Crippen molar-refractivity contribution in [3.05, 3.63) is 24.3 Å². The highest BCUT2D eigenvalue weighted by Gasteiger charge is 2.45. The minimum atomic E-state index is -1.66. The summed E-state index contributed by atoms with van der Waals surface area (Å²) in [5, 5.41) is 25.0. The van der Waals surface area contributed by atoms with Crippen LogP contribution in [-0.2, 0) is 19.2 Å². The predicted octanol–water partition coefficient (Wildman–Crippen LogP) is 11.6. The zero-order valence-corrected chi connectivity index (χ0v) is 33.1. The van der Waals surface area contributed by atoms with Crippen molar-refractivity contribution in [2.45, 2.75) is 219 Å². The van der Waals surface area contributed by atoms with E-state index in [0.717, 1.165) is 77.0 Å². The SMILES string of the molecule is CCCCCCCCC=CCCCCCCCC(=O)NC(CC)(NC(=O)CCCCCCCC=CCCCCCCCC)C(CC(=O)O)C(=O)O. The lowest BCUT2D eigenvalue weighted by Gasteiger charge is -2.39. The monoisotopic (exact) mass is 719 g/mol. The number of carboxylic acids is 2. The summed E-state index contributed by atoms with van der Waals surface area (Å²) < 4.78 is 0. The Labute approximate surface area is 312 Å². The van der Waals surface area contributed by atoms with Crippen molar-refractivity contribution in [1.82, 2.24) is 10.6 Å². The number of carbonyl (C=O) groups is 4. The topological polar surface area (TPSA) is 133 Å². The van der Waals surface area contributed by atoms with E-state index < -0.39 is 29.9 Å². The molecule has 0 fully saturated rings. The molecule has 51 heavy (non-hydrogen) atoms. The van der Waals surface area contributed by atoms with Crippen LogP contribution in [-0.4, -0.2) is 39.6 Å². The maximum Gasteiger partial charge on any atom is 0.311 e. The molecular weight excluding hydrogens is 640 g/mol. The van der Waals surface area contributed by atoms with Crippen LogP contribution in [0.15, 0.2) is 24.3 Å². The van der Waals surface area contributed by atoms with Gasteiger partial charge in [0.1, 0.15) is 11.6 Å². The molecule has 1 atom stereocenters. The molecule has 8 nitrogen and oxygen atoms in total. The third-order valence-corrected chi connectivity index (χ3v) is 9.89. The lowest BCUT2D eigenvalue weighted by atomic mass is 9.86. The van der Waals surface area contributed by atoms with E-state index in [-0.39, 0.29) is 31.1 Å². The predicted molar refractivity (Wildman–Crippen MR) is 212 cm³/mol. The van der Waals surface area contributed by atoms with Crippen LogP contribution in [0.4, 0.5) is 0 Å². The third kappa shape index (κ3) is 28.6. The summed E-state index contributed by atoms with van der Waals surface area (Å²) in [5.74, 6) is -4.88. The van der Waals surface area contributed by atoms with E-state index in [1.807, 2.05) is 0 Å². The van der Waals surface area contributed by atoms with Crippen LogP contribution in [0, 0.1) is 5.92 Å². The van der Waals surface area contributed by atoms with Crippen LogP contribution >= 0.6 is 0 Å². The van der Waals surface area contributed by atoms with Crippen LogP contribution < -0.4 is 10.6 Å². The maximum atomic E-state index is 13.0. The summed E-state index contributed by atoms with van der Waals surface area (Å²) >= 11 is 0. The van der Waals surface area contributed by atoms with Crippen LogP contribution in [0.2, 0.25) is 0 Å². The van der Waals surface area contributed by atoms with Crippen molar-refractivity contribution in [2.24, 2.45) is 5.92 Å². The summed E-state index contributed by atoms with van der Waals surface area (Å²) in [7, 11) is 0. The Bertz CT molecular complexity index is 893. The van der Waals surface area contributed by atoms with Gasteiger partial charge in [0.25, 0.3) is 0 Å². The summed E-state index contributed by atoms with van der Waals surface area (Å²) in [4.78, 5) is 49.9. The first-order valence-corrected chi connectivity index (χ1v) is 21.1. The molecule has 0 aliphatic rings. The molecule has 0 aliphatic heterocycles. The van der Waals surface area contributed by atoms with Gasteiger partial charge < -0.3 is 20.8 Å². The summed E-state index contributed by atoms with van der Waals surface area (Å²) in [6, 6.07) is 0. The Hall–Kier alpha value is -2.64. The van der Waals surface area contributed by atoms with Gasteiger partial charge in [-0.05, 0) is 70.6 Å². The van der Waals surface area contributed by atoms with E-state index in [2.05, 4.69) is 48.8 Å². The number of rotatable bonds is 37. The molecule has 4 N–H and O–H groups in total. The van der Waals surface area contributed by atoms with Gasteiger partial charge >= 0.3 is 11.9 Å². The number of hydrogen-bond donors (Lipinski definition) is 4. The fourth-order valence-corrected chi connectivity index (χ4v) is 6.61. The number of unbranched alkanes of at least 4 members (excludes halogenated alkanes) is 22. The van der Waals surface area contributed by atoms with Crippen LogP contribution in [0.5, 0.6) is 0 Å². The van der Waals surface area contributed by atoms with Crippen molar-refractivity contribution >= 4 is 23.8 Å². The molecule has 2 amide bonds. The van der Waals surface area contributed by atoms with Crippen LogP contribution in [0.3, 0.4) is 0 Å². The van der Waals surface area contributed by atoms with Gasteiger partial charge in [0, 0.05) is 12.8 Å². The van der Waals surface area contributed by atoms with E-state index in [1.54, 1.807) is 6.92 Å². The molecule has 0 aliphatic carbocycles. The standard InChI is InChI=1S/C43H78N2O6/c1-4-7-9-11-13-15-17-19-21-23-25-27-29-31-33-35-39(46)44-43(6-3,38(42(50)51)37-41(48)49)45-40(47)36-34-32-30-28-26-24-22-20-18-16-14-12-10-8-5-2/h19-22,38H,4-18,23-37H2,1-3H3,(H,44,46)(H,45,47)(H,48,49)(H,50,51). The van der Waals surface area contributed by atoms with Gasteiger partial charge in [0.15, 0.2) is 0 Å². The smallest absolute Gasteiger partial charge is 0.311 e. The van der Waals surface area contributed by atoms with Gasteiger partial charge in [0.2, 0.25) is 11.8 Å². The highest BCUT2D eigenvalue weighted by Crippen LogP contribution is 2.25. The summed E-state index contributed by atoms with van der Waals surface area (Å²) in [5.41, 5.74) is -1.66. The van der Waals surface area contributed by atoms with Crippen LogP contribution in [0.25, 0.3) is 0 Å². The van der Waals surface area contributed by atoms with E-state index in [1.165, 1.54) is 77.0 Å². The van der Waals surface area contributed by atoms with Crippen molar-refractivity contribution in [2.75, 3.05) is 0 Å². The van der Waals surface area contributed by atoms with Crippen molar-refractivity contribution in [3.63, 3.8) is 0 Å². The Kier molecular flexibility index (Phi) is 32.7. The van der Waals surface area contributed by atoms with Crippen molar-refractivity contribution in [3.8, 4) is 0 Å². The van der Waals surface area contributed by atoms with Crippen LogP contribution in [0.1, 0.15) is 213 Å². The number of carbonyl (C=O) groups excluding carboxylic acids is 2. The minimum Gasteiger partial charge on any atom is -0.481 e. The number of allylic oxidation sites excluding steroid dienone is 4. The highest BCUT2D eigenvalue weighted by atomic mass is 16.4. The molecule has 0 aromatic heterocycles. The second-order valence-corrected chi connectivity index (χ2v) is 14.6. The zero-order chi connectivity index (χ0) is 37.8. The lowest BCUT2D eigenvalue weighted by Crippen LogP contribution is -2.66. The van der Waals surface area contributed by atoms with E-state index >= 15 is 0 Å². The number of amides is 2. The lowest BCUT2D eigenvalue weighted by molar-refractivity contribution is -0.154. The van der Waals surface area contributed by atoms with Gasteiger partial charge in [-0.15, -0.1) is 0 Å². The molecule has 0 radical (unpaired) electrons. The van der Waals surface area contributed by atoms with E-state index in [0.29, 0.717) is 12.8 Å². The van der Waals surface area contributed by atoms with Crippen molar-refractivity contribution in [1.29, 1.82) is 0 Å². The minimum absolute atomic E-state index is 0.0630. The molecule has 0 spiro atoms.